The minimum absolute atomic E-state index is 0.0772. The number of hydrogen-bond acceptors (Lipinski definition) is 8. The van der Waals surface area contributed by atoms with E-state index in [0.29, 0.717) is 83.7 Å². The normalized spacial score (nSPS) is 24.3. The van der Waals surface area contributed by atoms with Crippen molar-refractivity contribution >= 4 is 29.7 Å². The van der Waals surface area contributed by atoms with Crippen LogP contribution in [0.4, 0.5) is 4.79 Å². The first kappa shape index (κ1) is 67.3. The number of ether oxygens (including phenoxy) is 3. The lowest BCUT2D eigenvalue weighted by Crippen LogP contribution is -2.51. The summed E-state index contributed by atoms with van der Waals surface area (Å²) in [6, 6.07) is -0.832. The third-order valence-electron chi connectivity index (χ3n) is 18.8. The van der Waals surface area contributed by atoms with E-state index < -0.39 is 6.04 Å². The molecular formula is C65H117N5O8. The van der Waals surface area contributed by atoms with Gasteiger partial charge in [0, 0.05) is 71.7 Å². The summed E-state index contributed by atoms with van der Waals surface area (Å²) in [5.41, 5.74) is 2.24. The zero-order valence-corrected chi connectivity index (χ0v) is 51.1. The van der Waals surface area contributed by atoms with Crippen molar-refractivity contribution in [3.8, 4) is 0 Å². The third-order valence-corrected chi connectivity index (χ3v) is 18.8. The van der Waals surface area contributed by atoms with Crippen molar-refractivity contribution < 1.29 is 38.2 Å². The zero-order chi connectivity index (χ0) is 56.6. The summed E-state index contributed by atoms with van der Waals surface area (Å²) in [5.74, 6) is 4.31. The maximum Gasteiger partial charge on any atom is 0.407 e. The predicted molar refractivity (Wildman–Crippen MR) is 317 cm³/mol. The van der Waals surface area contributed by atoms with Crippen LogP contribution in [-0.4, -0.2) is 94.5 Å². The van der Waals surface area contributed by atoms with Gasteiger partial charge in [0.1, 0.15) is 12.1 Å². The van der Waals surface area contributed by atoms with Gasteiger partial charge in [-0.15, -0.1) is 0 Å². The SMILES string of the molecule is CCCCCCCCCCCCCCCC(=O)NCCCOCCNC(=O)CC[C@H](NC(=O)CC(C)C)C(=O)NCCCOCCCNC(=O)O[C@H]1CC[C@@]2(C)C(=CC[C@H]3[C@@H]4CC[C@H]([C@H](C)CCCC(C)C)[C@@]4(C)CC[C@@H]32)C1. The molecule has 5 N–H and O–H groups in total. The Bertz CT molecular complexity index is 1760. The van der Waals surface area contributed by atoms with E-state index in [1.54, 1.807) is 0 Å². The Hall–Kier alpha value is -3.19. The number of carbonyl (C=O) groups is 5. The van der Waals surface area contributed by atoms with Crippen LogP contribution in [0.3, 0.4) is 0 Å². The van der Waals surface area contributed by atoms with Crippen LogP contribution in [0.1, 0.15) is 254 Å². The van der Waals surface area contributed by atoms with Gasteiger partial charge in [0.05, 0.1) is 6.61 Å². The molecule has 5 amide bonds. The van der Waals surface area contributed by atoms with Crippen LogP contribution in [0.5, 0.6) is 0 Å². The van der Waals surface area contributed by atoms with Gasteiger partial charge in [-0.2, -0.15) is 0 Å². The van der Waals surface area contributed by atoms with Crippen LogP contribution in [-0.2, 0) is 33.4 Å². The van der Waals surface area contributed by atoms with Gasteiger partial charge >= 0.3 is 6.09 Å². The standard InChI is InChI=1S/C65H117N5O8/c1-9-10-11-12-13-14-15-16-17-18-19-20-21-28-59(71)66-39-23-45-77-46-42-67-60(72)34-33-58(70-61(73)47-50(4)5)62(74)68-40-24-43-76-44-25-41-69-63(75)78-53-35-37-64(7)52(48-53)29-30-54-56-32-31-55(51(6)27-22-26-49(2)3)65(56,8)38-36-57(54)64/h29,49-51,53-58H,9-28,30-48H2,1-8H3,(H,66,71)(H,67,72)(H,68,74)(H,69,75)(H,70,73)/t51-,53+,54+,55-,56+,57+,58+,64+,65-/m1/s1. The van der Waals surface area contributed by atoms with Crippen molar-refractivity contribution in [2.45, 2.75) is 267 Å². The van der Waals surface area contributed by atoms with Crippen LogP contribution in [0.25, 0.3) is 0 Å². The fourth-order valence-electron chi connectivity index (χ4n) is 14.3. The van der Waals surface area contributed by atoms with E-state index in [1.807, 2.05) is 13.8 Å². The molecule has 0 bridgehead atoms. The average molecular weight is 1100 g/mol. The molecule has 0 aromatic carbocycles. The molecule has 0 unspecified atom stereocenters. The number of hydrogen-bond donors (Lipinski definition) is 5. The number of nitrogens with one attached hydrogen (secondary N) is 5. The van der Waals surface area contributed by atoms with Gasteiger partial charge in [0.15, 0.2) is 0 Å². The van der Waals surface area contributed by atoms with Crippen LogP contribution in [0.2, 0.25) is 0 Å². The molecule has 0 aromatic heterocycles. The molecule has 0 aliphatic heterocycles. The van der Waals surface area contributed by atoms with Gasteiger partial charge in [0.25, 0.3) is 0 Å². The molecule has 4 aliphatic rings. The van der Waals surface area contributed by atoms with Gasteiger partial charge < -0.3 is 40.8 Å². The smallest absolute Gasteiger partial charge is 0.407 e. The molecule has 13 heteroatoms. The van der Waals surface area contributed by atoms with Crippen molar-refractivity contribution in [2.75, 3.05) is 52.6 Å². The predicted octanol–water partition coefficient (Wildman–Crippen LogP) is 13.5. The van der Waals surface area contributed by atoms with Gasteiger partial charge in [-0.05, 0) is 129 Å². The number of unbranched alkanes of at least 4 members (excludes halogenated alkanes) is 12. The minimum atomic E-state index is -0.832. The molecular weight excluding hydrogens is 979 g/mol. The Morgan fingerprint density at radius 3 is 1.83 bits per heavy atom. The molecule has 0 spiro atoms. The number of amides is 5. The molecule has 78 heavy (non-hydrogen) atoms. The summed E-state index contributed by atoms with van der Waals surface area (Å²) >= 11 is 0. The van der Waals surface area contributed by atoms with Crippen molar-refractivity contribution in [2.24, 2.45) is 52.3 Å². The van der Waals surface area contributed by atoms with Crippen LogP contribution < -0.4 is 26.6 Å². The highest BCUT2D eigenvalue weighted by molar-refractivity contribution is 5.88. The molecule has 0 saturated heterocycles. The monoisotopic (exact) mass is 1100 g/mol. The Balaban J connectivity index is 0.996. The minimum Gasteiger partial charge on any atom is -0.446 e. The highest BCUT2D eigenvalue weighted by Crippen LogP contribution is 2.67. The first-order valence-electron chi connectivity index (χ1n) is 32.5. The fourth-order valence-corrected chi connectivity index (χ4v) is 14.3. The topological polar surface area (TPSA) is 173 Å². The van der Waals surface area contributed by atoms with E-state index in [0.717, 1.165) is 67.6 Å². The Labute approximate surface area is 475 Å². The second-order valence-corrected chi connectivity index (χ2v) is 26.0. The molecule has 13 nitrogen and oxygen atoms in total. The highest BCUT2D eigenvalue weighted by Gasteiger charge is 2.59. The Morgan fingerprint density at radius 2 is 1.18 bits per heavy atom. The maximum absolute atomic E-state index is 13.2. The second kappa shape index (κ2) is 37.7. The molecule has 9 atom stereocenters. The summed E-state index contributed by atoms with van der Waals surface area (Å²) in [6.45, 7) is 22.1. The average Bonchev–Trinajstić information content (AvgIpc) is 3.79. The van der Waals surface area contributed by atoms with Gasteiger partial charge in [-0.25, -0.2) is 4.79 Å². The summed E-state index contributed by atoms with van der Waals surface area (Å²) in [6.07, 6.45) is 35.6. The lowest BCUT2D eigenvalue weighted by molar-refractivity contribution is -0.130. The number of allylic oxidation sites excluding steroid dienone is 1. The molecule has 4 aliphatic carbocycles. The molecule has 0 aromatic rings. The van der Waals surface area contributed by atoms with Gasteiger partial charge in [-0.1, -0.05) is 163 Å². The van der Waals surface area contributed by atoms with E-state index in [2.05, 4.69) is 74.2 Å². The number of carbonyl (C=O) groups excluding carboxylic acids is 5. The summed E-state index contributed by atoms with van der Waals surface area (Å²) in [4.78, 5) is 63.7. The number of fused-ring (bicyclic) bond motifs is 5. The van der Waals surface area contributed by atoms with Crippen molar-refractivity contribution in [1.82, 2.24) is 26.6 Å². The molecule has 450 valence electrons. The van der Waals surface area contributed by atoms with Crippen molar-refractivity contribution in [3.05, 3.63) is 11.6 Å². The summed E-state index contributed by atoms with van der Waals surface area (Å²) < 4.78 is 17.5. The Morgan fingerprint density at radius 1 is 0.577 bits per heavy atom. The first-order valence-corrected chi connectivity index (χ1v) is 32.5. The van der Waals surface area contributed by atoms with Crippen molar-refractivity contribution in [1.29, 1.82) is 0 Å². The second-order valence-electron chi connectivity index (χ2n) is 26.0. The Kier molecular flexibility index (Phi) is 32.6. The largest absolute Gasteiger partial charge is 0.446 e. The molecule has 0 radical (unpaired) electrons. The van der Waals surface area contributed by atoms with Crippen LogP contribution in [0, 0.1) is 52.3 Å². The van der Waals surface area contributed by atoms with Crippen LogP contribution in [0.15, 0.2) is 11.6 Å². The molecule has 4 rings (SSSR count). The van der Waals surface area contributed by atoms with Crippen molar-refractivity contribution in [3.63, 3.8) is 0 Å². The number of rotatable bonds is 42. The highest BCUT2D eigenvalue weighted by atomic mass is 16.6. The van der Waals surface area contributed by atoms with E-state index >= 15 is 0 Å². The van der Waals surface area contributed by atoms with E-state index in [-0.39, 0.29) is 66.4 Å². The first-order chi connectivity index (χ1) is 37.6. The fraction of sp³-hybridized carbons (Fsp3) is 0.892. The van der Waals surface area contributed by atoms with E-state index in [4.69, 9.17) is 14.2 Å². The van der Waals surface area contributed by atoms with E-state index in [1.165, 1.54) is 128 Å². The third kappa shape index (κ3) is 24.5. The van der Waals surface area contributed by atoms with Crippen LogP contribution >= 0.6 is 0 Å². The molecule has 0 heterocycles. The maximum atomic E-state index is 13.2. The molecule has 3 saturated carbocycles. The molecule has 3 fully saturated rings. The van der Waals surface area contributed by atoms with E-state index in [9.17, 15) is 24.0 Å². The number of alkyl carbamates (subject to hydrolysis) is 1. The summed E-state index contributed by atoms with van der Waals surface area (Å²) in [5, 5.41) is 14.5. The lowest BCUT2D eigenvalue weighted by atomic mass is 9.47. The quantitative estimate of drug-likeness (QED) is 0.0297. The summed E-state index contributed by atoms with van der Waals surface area (Å²) in [7, 11) is 0. The zero-order valence-electron chi connectivity index (χ0n) is 51.1. The van der Waals surface area contributed by atoms with Gasteiger partial charge in [0.2, 0.25) is 23.6 Å². The lowest BCUT2D eigenvalue weighted by Gasteiger charge is -2.58. The van der Waals surface area contributed by atoms with Gasteiger partial charge in [-0.3, -0.25) is 19.2 Å².